The van der Waals surface area contributed by atoms with Gasteiger partial charge in [0.25, 0.3) is 0 Å². The highest BCUT2D eigenvalue weighted by Crippen LogP contribution is 2.17. The van der Waals surface area contributed by atoms with Crippen LogP contribution in [0.15, 0.2) is 30.3 Å². The van der Waals surface area contributed by atoms with Gasteiger partial charge in [-0.3, -0.25) is 0 Å². The van der Waals surface area contributed by atoms with Crippen molar-refractivity contribution in [1.82, 2.24) is 0 Å². The molecule has 1 unspecified atom stereocenters. The summed E-state index contributed by atoms with van der Waals surface area (Å²) in [4.78, 5) is 0. The van der Waals surface area contributed by atoms with E-state index < -0.39 is 0 Å². The summed E-state index contributed by atoms with van der Waals surface area (Å²) in [5.74, 6) is 0. The van der Waals surface area contributed by atoms with Crippen LogP contribution in [0.2, 0.25) is 0 Å². The molecule has 0 radical (unpaired) electrons. The van der Waals surface area contributed by atoms with Crippen molar-refractivity contribution >= 4 is 0 Å². The summed E-state index contributed by atoms with van der Waals surface area (Å²) in [6.07, 6.45) is -0.367. The number of ether oxygens (including phenoxy) is 2. The third-order valence-electron chi connectivity index (χ3n) is 1.75. The summed E-state index contributed by atoms with van der Waals surface area (Å²) in [6, 6.07) is 9.70. The molecule has 1 atom stereocenters. The summed E-state index contributed by atoms with van der Waals surface area (Å²) in [5.41, 5.74) is 0.975. The second kappa shape index (κ2) is 6.54. The fraction of sp³-hybridized carbons (Fsp3) is 0.455. The van der Waals surface area contributed by atoms with Crippen molar-refractivity contribution in [1.29, 1.82) is 0 Å². The molecule has 0 aliphatic rings. The highest BCUT2D eigenvalue weighted by molar-refractivity contribution is 5.15. The third kappa shape index (κ3) is 3.46. The van der Waals surface area contributed by atoms with Crippen LogP contribution < -0.4 is 0 Å². The standard InChI is InChI=1S/C11H16O3/c1-2-13-11(14-9-8-12)10-6-4-3-5-7-10/h3-7,11-12H,2,8-9H2,1H3. The van der Waals surface area contributed by atoms with E-state index in [0.29, 0.717) is 13.2 Å². The summed E-state index contributed by atoms with van der Waals surface area (Å²) in [6.45, 7) is 2.80. The van der Waals surface area contributed by atoms with Crippen LogP contribution >= 0.6 is 0 Å². The minimum Gasteiger partial charge on any atom is -0.394 e. The molecule has 0 aromatic heterocycles. The molecule has 0 spiro atoms. The summed E-state index contributed by atoms with van der Waals surface area (Å²) >= 11 is 0. The molecule has 14 heavy (non-hydrogen) atoms. The van der Waals surface area contributed by atoms with Crippen LogP contribution in [0.1, 0.15) is 18.8 Å². The van der Waals surface area contributed by atoms with Crippen LogP contribution in [0.4, 0.5) is 0 Å². The maximum atomic E-state index is 8.65. The summed E-state index contributed by atoms with van der Waals surface area (Å²) in [7, 11) is 0. The van der Waals surface area contributed by atoms with Gasteiger partial charge in [0.1, 0.15) is 0 Å². The van der Waals surface area contributed by atoms with Gasteiger partial charge in [-0.25, -0.2) is 0 Å². The second-order valence-electron chi connectivity index (χ2n) is 2.79. The quantitative estimate of drug-likeness (QED) is 0.704. The first-order chi connectivity index (χ1) is 6.88. The van der Waals surface area contributed by atoms with Gasteiger partial charge in [-0.1, -0.05) is 30.3 Å². The maximum absolute atomic E-state index is 8.65. The predicted molar refractivity (Wildman–Crippen MR) is 53.8 cm³/mol. The average molecular weight is 196 g/mol. The Morgan fingerprint density at radius 1 is 1.21 bits per heavy atom. The molecule has 0 saturated carbocycles. The first-order valence-electron chi connectivity index (χ1n) is 4.77. The first kappa shape index (κ1) is 11.2. The maximum Gasteiger partial charge on any atom is 0.183 e. The highest BCUT2D eigenvalue weighted by Gasteiger charge is 2.10. The van der Waals surface area contributed by atoms with Gasteiger partial charge in [-0.2, -0.15) is 0 Å². The predicted octanol–water partition coefficient (Wildman–Crippen LogP) is 1.73. The van der Waals surface area contributed by atoms with Gasteiger partial charge >= 0.3 is 0 Å². The molecular formula is C11H16O3. The molecule has 0 heterocycles. The number of rotatable bonds is 6. The Morgan fingerprint density at radius 2 is 1.93 bits per heavy atom. The Hall–Kier alpha value is -0.900. The van der Waals surface area contributed by atoms with E-state index in [0.717, 1.165) is 5.56 Å². The van der Waals surface area contributed by atoms with E-state index in [4.69, 9.17) is 14.6 Å². The topological polar surface area (TPSA) is 38.7 Å². The van der Waals surface area contributed by atoms with Gasteiger partial charge in [0, 0.05) is 12.2 Å². The van der Waals surface area contributed by atoms with Crippen molar-refractivity contribution in [2.75, 3.05) is 19.8 Å². The first-order valence-corrected chi connectivity index (χ1v) is 4.77. The van der Waals surface area contributed by atoms with Crippen LogP contribution in [-0.2, 0) is 9.47 Å². The minimum absolute atomic E-state index is 0.0103. The molecule has 0 fully saturated rings. The molecule has 78 valence electrons. The summed E-state index contributed by atoms with van der Waals surface area (Å²) in [5, 5.41) is 8.65. The van der Waals surface area contributed by atoms with Gasteiger partial charge in [0.2, 0.25) is 0 Å². The lowest BCUT2D eigenvalue weighted by Crippen LogP contribution is -2.11. The van der Waals surface area contributed by atoms with E-state index in [1.165, 1.54) is 0 Å². The molecular weight excluding hydrogens is 180 g/mol. The van der Waals surface area contributed by atoms with Crippen LogP contribution in [0.25, 0.3) is 0 Å². The average Bonchev–Trinajstić information content (AvgIpc) is 2.25. The normalized spacial score (nSPS) is 12.7. The molecule has 1 aromatic carbocycles. The fourth-order valence-electron chi connectivity index (χ4n) is 1.16. The SMILES string of the molecule is CCOC(OCCO)c1ccccc1. The van der Waals surface area contributed by atoms with Crippen LogP contribution in [0.3, 0.4) is 0 Å². The Kier molecular flexibility index (Phi) is 5.22. The number of benzene rings is 1. The lowest BCUT2D eigenvalue weighted by atomic mass is 10.2. The molecule has 0 aliphatic carbocycles. The Bertz CT molecular complexity index is 236. The lowest BCUT2D eigenvalue weighted by Gasteiger charge is -2.17. The van der Waals surface area contributed by atoms with E-state index in [2.05, 4.69) is 0 Å². The van der Waals surface area contributed by atoms with E-state index in [-0.39, 0.29) is 12.9 Å². The van der Waals surface area contributed by atoms with Gasteiger partial charge in [0.05, 0.1) is 13.2 Å². The van der Waals surface area contributed by atoms with Crippen molar-refractivity contribution in [3.63, 3.8) is 0 Å². The van der Waals surface area contributed by atoms with Crippen LogP contribution in [0.5, 0.6) is 0 Å². The molecule has 0 amide bonds. The molecule has 0 aliphatic heterocycles. The van der Waals surface area contributed by atoms with Crippen molar-refractivity contribution in [2.45, 2.75) is 13.2 Å². The molecule has 0 saturated heterocycles. The molecule has 1 N–H and O–H groups in total. The summed E-state index contributed by atoms with van der Waals surface area (Å²) < 4.78 is 10.7. The van der Waals surface area contributed by atoms with Crippen molar-refractivity contribution < 1.29 is 14.6 Å². The zero-order valence-corrected chi connectivity index (χ0v) is 8.35. The highest BCUT2D eigenvalue weighted by atomic mass is 16.7. The molecule has 1 aromatic rings. The second-order valence-corrected chi connectivity index (χ2v) is 2.79. The number of aliphatic hydroxyl groups is 1. The Balaban J connectivity index is 2.58. The van der Waals surface area contributed by atoms with Gasteiger partial charge in [-0.05, 0) is 6.92 Å². The van der Waals surface area contributed by atoms with Crippen molar-refractivity contribution in [3.8, 4) is 0 Å². The van der Waals surface area contributed by atoms with E-state index in [1.54, 1.807) is 0 Å². The molecule has 0 bridgehead atoms. The van der Waals surface area contributed by atoms with E-state index in [1.807, 2.05) is 37.3 Å². The minimum atomic E-state index is -0.367. The molecule has 3 nitrogen and oxygen atoms in total. The van der Waals surface area contributed by atoms with E-state index >= 15 is 0 Å². The number of hydrogen-bond acceptors (Lipinski definition) is 3. The molecule has 1 rings (SSSR count). The number of aliphatic hydroxyl groups excluding tert-OH is 1. The van der Waals surface area contributed by atoms with Gasteiger partial charge < -0.3 is 14.6 Å². The fourth-order valence-corrected chi connectivity index (χ4v) is 1.16. The van der Waals surface area contributed by atoms with Crippen molar-refractivity contribution in [2.24, 2.45) is 0 Å². The Morgan fingerprint density at radius 3 is 2.50 bits per heavy atom. The Labute approximate surface area is 84.3 Å². The monoisotopic (exact) mass is 196 g/mol. The zero-order valence-electron chi connectivity index (χ0n) is 8.35. The largest absolute Gasteiger partial charge is 0.394 e. The van der Waals surface area contributed by atoms with Crippen LogP contribution in [0, 0.1) is 0 Å². The van der Waals surface area contributed by atoms with Crippen molar-refractivity contribution in [3.05, 3.63) is 35.9 Å². The smallest absolute Gasteiger partial charge is 0.183 e. The zero-order chi connectivity index (χ0) is 10.2. The molecule has 3 heteroatoms. The third-order valence-corrected chi connectivity index (χ3v) is 1.75. The van der Waals surface area contributed by atoms with Gasteiger partial charge in [-0.15, -0.1) is 0 Å². The lowest BCUT2D eigenvalue weighted by molar-refractivity contribution is -0.148. The van der Waals surface area contributed by atoms with Crippen LogP contribution in [-0.4, -0.2) is 24.9 Å². The number of hydrogen-bond donors (Lipinski definition) is 1. The van der Waals surface area contributed by atoms with Gasteiger partial charge in [0.15, 0.2) is 6.29 Å². The van der Waals surface area contributed by atoms with E-state index in [9.17, 15) is 0 Å².